The van der Waals surface area contributed by atoms with Gasteiger partial charge in [-0.3, -0.25) is 0 Å². The number of nitrogens with zero attached hydrogens (tertiary/aromatic N) is 1. The summed E-state index contributed by atoms with van der Waals surface area (Å²) in [6.45, 7) is 4.55. The summed E-state index contributed by atoms with van der Waals surface area (Å²) in [5.74, 6) is 0. The Labute approximate surface area is 108 Å². The fourth-order valence-corrected chi connectivity index (χ4v) is 3.85. The van der Waals surface area contributed by atoms with E-state index in [0.717, 1.165) is 6.42 Å². The van der Waals surface area contributed by atoms with E-state index in [0.29, 0.717) is 0 Å². The Morgan fingerprint density at radius 3 is 2.13 bits per heavy atom. The highest BCUT2D eigenvalue weighted by atomic mass is 79.9. The predicted octanol–water partition coefficient (Wildman–Crippen LogP) is 4.37. The van der Waals surface area contributed by atoms with Gasteiger partial charge >= 0.3 is 0 Å². The lowest BCUT2D eigenvalue weighted by Crippen LogP contribution is -2.18. The maximum Gasteiger partial charge on any atom is 0.0655 e. The van der Waals surface area contributed by atoms with Crippen LogP contribution >= 0.6 is 31.9 Å². The molecule has 0 aliphatic carbocycles. The molecule has 0 aromatic heterocycles. The van der Waals surface area contributed by atoms with Gasteiger partial charge in [0.25, 0.3) is 0 Å². The van der Waals surface area contributed by atoms with Crippen molar-refractivity contribution in [2.75, 3.05) is 18.0 Å². The highest BCUT2D eigenvalue weighted by molar-refractivity contribution is 9.11. The van der Waals surface area contributed by atoms with E-state index in [4.69, 9.17) is 0 Å². The topological polar surface area (TPSA) is 3.24 Å². The maximum absolute atomic E-state index is 3.68. The number of hydrogen-bond donors (Lipinski definition) is 0. The van der Waals surface area contributed by atoms with Gasteiger partial charge in [-0.1, -0.05) is 6.92 Å². The first-order chi connectivity index (χ1) is 7.22. The minimum absolute atomic E-state index is 1.08. The Bertz CT molecular complexity index is 334. The van der Waals surface area contributed by atoms with Crippen LogP contribution in [0, 0.1) is 0 Å². The van der Waals surface area contributed by atoms with Crippen molar-refractivity contribution in [3.63, 3.8) is 0 Å². The van der Waals surface area contributed by atoms with Crippen LogP contribution in [0.4, 0.5) is 5.69 Å². The highest BCUT2D eigenvalue weighted by Crippen LogP contribution is 2.37. The maximum atomic E-state index is 3.68. The molecule has 1 aliphatic rings. The van der Waals surface area contributed by atoms with Crippen LogP contribution < -0.4 is 4.90 Å². The monoisotopic (exact) mass is 331 g/mol. The molecule has 1 heterocycles. The van der Waals surface area contributed by atoms with Crippen molar-refractivity contribution in [2.24, 2.45) is 0 Å². The lowest BCUT2D eigenvalue weighted by Gasteiger charge is -2.21. The van der Waals surface area contributed by atoms with Gasteiger partial charge in [0.15, 0.2) is 0 Å². The number of rotatable bonds is 2. The number of anilines is 1. The van der Waals surface area contributed by atoms with Crippen LogP contribution in [0.5, 0.6) is 0 Å². The molecule has 1 aromatic carbocycles. The van der Waals surface area contributed by atoms with E-state index in [1.54, 1.807) is 0 Å². The molecule has 0 atom stereocenters. The van der Waals surface area contributed by atoms with E-state index in [9.17, 15) is 0 Å². The van der Waals surface area contributed by atoms with Crippen molar-refractivity contribution < 1.29 is 0 Å². The minimum atomic E-state index is 1.08. The molecule has 0 unspecified atom stereocenters. The second kappa shape index (κ2) is 4.88. The molecule has 82 valence electrons. The quantitative estimate of drug-likeness (QED) is 0.777. The zero-order valence-electron chi connectivity index (χ0n) is 8.89. The molecule has 0 spiro atoms. The summed E-state index contributed by atoms with van der Waals surface area (Å²) >= 11 is 7.35. The molecular formula is C12H15Br2N. The molecule has 0 saturated carbocycles. The molecule has 15 heavy (non-hydrogen) atoms. The van der Waals surface area contributed by atoms with Crippen molar-refractivity contribution >= 4 is 37.5 Å². The Kier molecular flexibility index (Phi) is 3.73. The molecule has 3 heteroatoms. The zero-order valence-corrected chi connectivity index (χ0v) is 12.1. The van der Waals surface area contributed by atoms with Crippen LogP contribution in [0.25, 0.3) is 0 Å². The zero-order chi connectivity index (χ0) is 10.8. The molecular weight excluding hydrogens is 318 g/mol. The van der Waals surface area contributed by atoms with Crippen LogP contribution in [-0.4, -0.2) is 13.1 Å². The summed E-state index contributed by atoms with van der Waals surface area (Å²) in [6.07, 6.45) is 3.71. The van der Waals surface area contributed by atoms with E-state index in [1.165, 1.54) is 46.1 Å². The second-order valence-corrected chi connectivity index (χ2v) is 5.66. The van der Waals surface area contributed by atoms with Gasteiger partial charge in [0.2, 0.25) is 0 Å². The van der Waals surface area contributed by atoms with E-state index in [2.05, 4.69) is 55.8 Å². The average molecular weight is 333 g/mol. The lowest BCUT2D eigenvalue weighted by molar-refractivity contribution is 0.949. The Morgan fingerprint density at radius 2 is 1.67 bits per heavy atom. The van der Waals surface area contributed by atoms with Gasteiger partial charge in [-0.15, -0.1) is 0 Å². The number of aryl methyl sites for hydroxylation is 1. The summed E-state index contributed by atoms with van der Waals surface area (Å²) in [5, 5.41) is 0. The van der Waals surface area contributed by atoms with Crippen LogP contribution in [0.3, 0.4) is 0 Å². The largest absolute Gasteiger partial charge is 0.370 e. The number of benzene rings is 1. The van der Waals surface area contributed by atoms with E-state index in [1.807, 2.05) is 0 Å². The van der Waals surface area contributed by atoms with Crippen LogP contribution in [0.2, 0.25) is 0 Å². The fraction of sp³-hybridized carbons (Fsp3) is 0.500. The van der Waals surface area contributed by atoms with Crippen LogP contribution in [0.15, 0.2) is 21.1 Å². The SMILES string of the molecule is CCc1cc(Br)c(N2CCCC2)c(Br)c1. The summed E-state index contributed by atoms with van der Waals surface area (Å²) in [7, 11) is 0. The summed E-state index contributed by atoms with van der Waals surface area (Å²) in [6, 6.07) is 4.47. The number of hydrogen-bond acceptors (Lipinski definition) is 1. The predicted molar refractivity (Wildman–Crippen MR) is 72.7 cm³/mol. The summed E-state index contributed by atoms with van der Waals surface area (Å²) < 4.78 is 2.44. The van der Waals surface area contributed by atoms with Gasteiger partial charge in [-0.2, -0.15) is 0 Å². The van der Waals surface area contributed by atoms with Crippen LogP contribution in [0.1, 0.15) is 25.3 Å². The Hall–Kier alpha value is -0.0200. The molecule has 1 nitrogen and oxygen atoms in total. The molecule has 2 rings (SSSR count). The van der Waals surface area contributed by atoms with Crippen molar-refractivity contribution in [3.8, 4) is 0 Å². The Balaban J connectivity index is 2.37. The fourth-order valence-electron chi connectivity index (χ4n) is 2.06. The lowest BCUT2D eigenvalue weighted by atomic mass is 10.1. The first kappa shape index (κ1) is 11.5. The van der Waals surface area contributed by atoms with Gasteiger partial charge in [0.1, 0.15) is 0 Å². The van der Waals surface area contributed by atoms with Crippen molar-refractivity contribution in [1.29, 1.82) is 0 Å². The van der Waals surface area contributed by atoms with Gasteiger partial charge in [0, 0.05) is 22.0 Å². The molecule has 0 N–H and O–H groups in total. The standard InChI is InChI=1S/C12H15Br2N/c1-2-9-7-10(13)12(11(14)8-9)15-5-3-4-6-15/h7-8H,2-6H2,1H3. The summed E-state index contributed by atoms with van der Waals surface area (Å²) in [5.41, 5.74) is 2.70. The first-order valence-electron chi connectivity index (χ1n) is 5.45. The highest BCUT2D eigenvalue weighted by Gasteiger charge is 2.18. The van der Waals surface area contributed by atoms with Crippen molar-refractivity contribution in [3.05, 3.63) is 26.6 Å². The third-order valence-corrected chi connectivity index (χ3v) is 4.12. The van der Waals surface area contributed by atoms with E-state index in [-0.39, 0.29) is 0 Å². The molecule has 1 aromatic rings. The van der Waals surface area contributed by atoms with Gasteiger partial charge in [0.05, 0.1) is 5.69 Å². The smallest absolute Gasteiger partial charge is 0.0655 e. The molecule has 1 saturated heterocycles. The molecule has 0 amide bonds. The molecule has 0 radical (unpaired) electrons. The second-order valence-electron chi connectivity index (χ2n) is 3.96. The molecule has 0 bridgehead atoms. The average Bonchev–Trinajstić information content (AvgIpc) is 2.69. The first-order valence-corrected chi connectivity index (χ1v) is 7.04. The normalized spacial score (nSPS) is 16.1. The van der Waals surface area contributed by atoms with Gasteiger partial charge in [-0.05, 0) is 68.8 Å². The number of halogens is 2. The minimum Gasteiger partial charge on any atom is -0.370 e. The molecule has 1 aliphatic heterocycles. The Morgan fingerprint density at radius 1 is 1.13 bits per heavy atom. The molecule has 1 fully saturated rings. The third kappa shape index (κ3) is 2.39. The third-order valence-electron chi connectivity index (χ3n) is 2.91. The van der Waals surface area contributed by atoms with E-state index >= 15 is 0 Å². The van der Waals surface area contributed by atoms with Gasteiger partial charge in [-0.25, -0.2) is 0 Å². The van der Waals surface area contributed by atoms with E-state index < -0.39 is 0 Å². The van der Waals surface area contributed by atoms with Crippen molar-refractivity contribution in [2.45, 2.75) is 26.2 Å². The van der Waals surface area contributed by atoms with Gasteiger partial charge < -0.3 is 4.90 Å². The summed E-state index contributed by atoms with van der Waals surface area (Å²) in [4.78, 5) is 2.45. The van der Waals surface area contributed by atoms with Crippen LogP contribution in [-0.2, 0) is 6.42 Å². The van der Waals surface area contributed by atoms with Crippen molar-refractivity contribution in [1.82, 2.24) is 0 Å².